The van der Waals surface area contributed by atoms with E-state index in [-0.39, 0.29) is 23.6 Å². The van der Waals surface area contributed by atoms with Crippen LogP contribution in [0, 0.1) is 0 Å². The van der Waals surface area contributed by atoms with Crippen LogP contribution in [-0.2, 0) is 19.8 Å². The van der Waals surface area contributed by atoms with Gasteiger partial charge in [0.05, 0.1) is 12.4 Å². The number of hydrogen-bond donors (Lipinski definition) is 2. The molecule has 0 aromatic carbocycles. The van der Waals surface area contributed by atoms with Gasteiger partial charge in [0.2, 0.25) is 0 Å². The molecule has 0 fully saturated rings. The number of carbonyl (C=O) groups is 1. The van der Waals surface area contributed by atoms with Crippen LogP contribution in [0.25, 0.3) is 0 Å². The van der Waals surface area contributed by atoms with Gasteiger partial charge in [0.25, 0.3) is 0 Å². The van der Waals surface area contributed by atoms with Crippen molar-refractivity contribution in [3.63, 3.8) is 0 Å². The molecule has 0 saturated carbocycles. The highest BCUT2D eigenvalue weighted by molar-refractivity contribution is 5.84. The van der Waals surface area contributed by atoms with Crippen molar-refractivity contribution in [1.29, 1.82) is 0 Å². The highest BCUT2D eigenvalue weighted by Gasteiger charge is 2.36. The number of aryl methyl sites for hydroxylation is 1. The average molecular weight is 301 g/mol. The molecule has 21 heavy (non-hydrogen) atoms. The number of nitrogens with zero attached hydrogens (tertiary/aromatic N) is 4. The minimum absolute atomic E-state index is 0.0471. The first kappa shape index (κ1) is 14.8. The second-order valence-electron chi connectivity index (χ2n) is 4.12. The van der Waals surface area contributed by atoms with Gasteiger partial charge in [0, 0.05) is 25.4 Å². The van der Waals surface area contributed by atoms with Gasteiger partial charge in [-0.15, -0.1) is 0 Å². The number of carboxylic acid groups (broad SMARTS) is 1. The van der Waals surface area contributed by atoms with Gasteiger partial charge in [-0.25, -0.2) is 14.8 Å². The predicted octanol–water partition coefficient (Wildman–Crippen LogP) is 1.54. The molecule has 7 nitrogen and oxygen atoms in total. The van der Waals surface area contributed by atoms with Crippen molar-refractivity contribution in [1.82, 2.24) is 19.7 Å². The second-order valence-corrected chi connectivity index (χ2v) is 4.12. The minimum atomic E-state index is -4.54. The molecule has 0 unspecified atom stereocenters. The molecule has 0 aliphatic carbocycles. The summed E-state index contributed by atoms with van der Waals surface area (Å²) in [6.45, 7) is -0.163. The molecule has 112 valence electrons. The summed E-state index contributed by atoms with van der Waals surface area (Å²) >= 11 is 0. The van der Waals surface area contributed by atoms with E-state index in [9.17, 15) is 18.0 Å². The first-order chi connectivity index (χ1) is 9.77. The van der Waals surface area contributed by atoms with E-state index in [1.54, 1.807) is 0 Å². The van der Waals surface area contributed by atoms with Crippen LogP contribution in [0.1, 0.15) is 21.7 Å². The number of rotatable bonds is 4. The van der Waals surface area contributed by atoms with Crippen molar-refractivity contribution in [3.8, 4) is 0 Å². The number of aromatic nitrogens is 4. The van der Waals surface area contributed by atoms with Crippen molar-refractivity contribution < 1.29 is 23.1 Å². The number of anilines is 1. The zero-order valence-electron chi connectivity index (χ0n) is 10.7. The fourth-order valence-electron chi connectivity index (χ4n) is 1.62. The summed E-state index contributed by atoms with van der Waals surface area (Å²) in [5.74, 6) is -1.07. The first-order valence-electron chi connectivity index (χ1n) is 5.66. The number of nitrogens with one attached hydrogen (secondary N) is 1. The highest BCUT2D eigenvalue weighted by Crippen LogP contribution is 2.30. The van der Waals surface area contributed by atoms with Gasteiger partial charge in [-0.1, -0.05) is 0 Å². The number of alkyl halides is 3. The van der Waals surface area contributed by atoms with E-state index in [2.05, 4.69) is 20.4 Å². The van der Waals surface area contributed by atoms with Gasteiger partial charge < -0.3 is 10.4 Å². The van der Waals surface area contributed by atoms with Crippen molar-refractivity contribution in [2.75, 3.05) is 5.32 Å². The molecule has 2 aromatic rings. The Hall–Kier alpha value is -2.65. The van der Waals surface area contributed by atoms with Gasteiger partial charge in [0.15, 0.2) is 11.4 Å². The lowest BCUT2D eigenvalue weighted by Crippen LogP contribution is -2.12. The van der Waals surface area contributed by atoms with E-state index in [1.807, 2.05) is 0 Å². The van der Waals surface area contributed by atoms with E-state index < -0.39 is 17.8 Å². The summed E-state index contributed by atoms with van der Waals surface area (Å²) in [5, 5.41) is 14.7. The SMILES string of the molecule is Cn1cc(CNc2cnc(C(=O)O)cn2)c(C(F)(F)F)n1. The maximum Gasteiger partial charge on any atom is 0.435 e. The number of aromatic carboxylic acids is 1. The summed E-state index contributed by atoms with van der Waals surface area (Å²) in [4.78, 5) is 17.9. The van der Waals surface area contributed by atoms with Crippen LogP contribution < -0.4 is 5.32 Å². The molecular formula is C11H10F3N5O2. The highest BCUT2D eigenvalue weighted by atomic mass is 19.4. The largest absolute Gasteiger partial charge is 0.476 e. The minimum Gasteiger partial charge on any atom is -0.476 e. The maximum atomic E-state index is 12.7. The lowest BCUT2D eigenvalue weighted by molar-refractivity contribution is -0.142. The maximum absolute atomic E-state index is 12.7. The predicted molar refractivity (Wildman–Crippen MR) is 64.5 cm³/mol. The molecule has 0 saturated heterocycles. The van der Waals surface area contributed by atoms with Crippen LogP contribution in [0.2, 0.25) is 0 Å². The van der Waals surface area contributed by atoms with Crippen LogP contribution in [0.5, 0.6) is 0 Å². The zero-order valence-corrected chi connectivity index (χ0v) is 10.7. The third-order valence-electron chi connectivity index (χ3n) is 2.50. The van der Waals surface area contributed by atoms with Crippen LogP contribution >= 0.6 is 0 Å². The van der Waals surface area contributed by atoms with E-state index in [4.69, 9.17) is 5.11 Å². The van der Waals surface area contributed by atoms with Gasteiger partial charge in [-0.2, -0.15) is 18.3 Å². The lowest BCUT2D eigenvalue weighted by atomic mass is 10.2. The fourth-order valence-corrected chi connectivity index (χ4v) is 1.62. The van der Waals surface area contributed by atoms with E-state index >= 15 is 0 Å². The van der Waals surface area contributed by atoms with Crippen LogP contribution in [0.4, 0.5) is 19.0 Å². The zero-order chi connectivity index (χ0) is 15.6. The van der Waals surface area contributed by atoms with Gasteiger partial charge in [-0.3, -0.25) is 4.68 Å². The van der Waals surface area contributed by atoms with Gasteiger partial charge >= 0.3 is 12.1 Å². The third kappa shape index (κ3) is 3.46. The van der Waals surface area contributed by atoms with Crippen molar-refractivity contribution in [2.45, 2.75) is 12.7 Å². The monoisotopic (exact) mass is 301 g/mol. The number of halogens is 3. The molecule has 2 aromatic heterocycles. The normalized spacial score (nSPS) is 11.4. The first-order valence-corrected chi connectivity index (χ1v) is 5.66. The Labute approximate surface area is 116 Å². The van der Waals surface area contributed by atoms with Gasteiger partial charge in [-0.05, 0) is 0 Å². The molecule has 0 spiro atoms. The summed E-state index contributed by atoms with van der Waals surface area (Å²) in [7, 11) is 1.39. The van der Waals surface area contributed by atoms with Crippen LogP contribution in [0.15, 0.2) is 18.6 Å². The Balaban J connectivity index is 2.11. The Morgan fingerprint density at radius 2 is 2.10 bits per heavy atom. The molecular weight excluding hydrogens is 291 g/mol. The Morgan fingerprint density at radius 3 is 2.62 bits per heavy atom. The smallest absolute Gasteiger partial charge is 0.435 e. The summed E-state index contributed by atoms with van der Waals surface area (Å²) < 4.78 is 39.3. The number of carboxylic acids is 1. The van der Waals surface area contributed by atoms with E-state index in [0.717, 1.165) is 17.1 Å². The fraction of sp³-hybridized carbons (Fsp3) is 0.273. The van der Waals surface area contributed by atoms with Crippen LogP contribution in [-0.4, -0.2) is 30.8 Å². The molecule has 0 radical (unpaired) electrons. The quantitative estimate of drug-likeness (QED) is 0.890. The lowest BCUT2D eigenvalue weighted by Gasteiger charge is -2.07. The molecule has 2 heterocycles. The molecule has 2 N–H and O–H groups in total. The Bertz CT molecular complexity index is 651. The molecule has 2 rings (SSSR count). The topological polar surface area (TPSA) is 92.9 Å². The molecule has 0 amide bonds. The van der Waals surface area contributed by atoms with Crippen molar-refractivity contribution in [2.24, 2.45) is 7.05 Å². The average Bonchev–Trinajstić information content (AvgIpc) is 2.78. The summed E-state index contributed by atoms with van der Waals surface area (Å²) in [5.41, 5.74) is -1.28. The Morgan fingerprint density at radius 1 is 1.38 bits per heavy atom. The van der Waals surface area contributed by atoms with E-state index in [1.165, 1.54) is 13.2 Å². The molecule has 0 atom stereocenters. The van der Waals surface area contributed by atoms with Crippen molar-refractivity contribution >= 4 is 11.8 Å². The standard InChI is InChI=1S/C11H10F3N5O2/c1-19-5-6(9(18-19)11(12,13)14)2-16-8-4-15-7(3-17-8)10(20)21/h3-5H,2H2,1H3,(H,16,17)(H,20,21). The molecule has 0 aliphatic rings. The summed E-state index contributed by atoms with van der Waals surface area (Å²) in [6, 6.07) is 0. The van der Waals surface area contributed by atoms with E-state index in [0.29, 0.717) is 0 Å². The third-order valence-corrected chi connectivity index (χ3v) is 2.50. The molecule has 0 aliphatic heterocycles. The van der Waals surface area contributed by atoms with Crippen molar-refractivity contribution in [3.05, 3.63) is 35.5 Å². The van der Waals surface area contributed by atoms with Crippen LogP contribution in [0.3, 0.4) is 0 Å². The Kier molecular flexibility index (Phi) is 3.78. The number of hydrogen-bond acceptors (Lipinski definition) is 5. The second kappa shape index (κ2) is 5.38. The van der Waals surface area contributed by atoms with Gasteiger partial charge in [0.1, 0.15) is 5.82 Å². The molecule has 0 bridgehead atoms. The molecule has 10 heteroatoms. The summed E-state index contributed by atoms with van der Waals surface area (Å²) in [6.07, 6.45) is -1.16.